The van der Waals surface area contributed by atoms with Crippen LogP contribution in [0, 0.1) is 0 Å². The highest BCUT2D eigenvalue weighted by Crippen LogP contribution is 2.25. The number of nitrogens with two attached hydrogens (primary N) is 1. The summed E-state index contributed by atoms with van der Waals surface area (Å²) in [7, 11) is 2.88. The summed E-state index contributed by atoms with van der Waals surface area (Å²) < 4.78 is 9.73. The molecule has 0 aromatic heterocycles. The molecule has 0 aliphatic rings. The first-order valence-electron chi connectivity index (χ1n) is 4.85. The Morgan fingerprint density at radius 3 is 2.59 bits per heavy atom. The van der Waals surface area contributed by atoms with E-state index in [-0.39, 0.29) is 12.5 Å². The Morgan fingerprint density at radius 2 is 2.06 bits per heavy atom. The number of ether oxygens (including phenoxy) is 2. The lowest BCUT2D eigenvalue weighted by atomic mass is 10.1. The van der Waals surface area contributed by atoms with Crippen molar-refractivity contribution in [3.05, 3.63) is 23.8 Å². The predicted molar refractivity (Wildman–Crippen MR) is 62.0 cm³/mol. The van der Waals surface area contributed by atoms with Crippen LogP contribution in [0.4, 0.5) is 5.69 Å². The average molecular weight is 238 g/mol. The largest absolute Gasteiger partial charge is 0.495 e. The number of benzene rings is 1. The molecule has 17 heavy (non-hydrogen) atoms. The smallest absolute Gasteiger partial charge is 0.250 e. The Hall–Kier alpha value is -2.08. The highest BCUT2D eigenvalue weighted by molar-refractivity contribution is 5.97. The molecule has 92 valence electrons. The van der Waals surface area contributed by atoms with Gasteiger partial charge in [0.15, 0.2) is 0 Å². The van der Waals surface area contributed by atoms with Crippen molar-refractivity contribution >= 4 is 17.5 Å². The third kappa shape index (κ3) is 3.46. The monoisotopic (exact) mass is 238 g/mol. The molecule has 0 heterocycles. The molecular weight excluding hydrogens is 224 g/mol. The van der Waals surface area contributed by atoms with Gasteiger partial charge in [0.1, 0.15) is 12.4 Å². The maximum atomic E-state index is 11.4. The van der Waals surface area contributed by atoms with E-state index in [0.29, 0.717) is 17.0 Å². The summed E-state index contributed by atoms with van der Waals surface area (Å²) >= 11 is 0. The van der Waals surface area contributed by atoms with E-state index in [9.17, 15) is 9.59 Å². The molecule has 0 aliphatic heterocycles. The number of hydrogen-bond acceptors (Lipinski definition) is 4. The van der Waals surface area contributed by atoms with E-state index in [0.717, 1.165) is 0 Å². The summed E-state index contributed by atoms with van der Waals surface area (Å²) in [6, 6.07) is 4.53. The van der Waals surface area contributed by atoms with Crippen molar-refractivity contribution < 1.29 is 19.1 Å². The molecule has 0 bridgehead atoms. The van der Waals surface area contributed by atoms with E-state index in [1.165, 1.54) is 26.4 Å². The molecule has 0 spiro atoms. The van der Waals surface area contributed by atoms with Crippen molar-refractivity contribution in [1.82, 2.24) is 0 Å². The molecule has 0 atom stereocenters. The second-order valence-electron chi connectivity index (χ2n) is 3.26. The maximum Gasteiger partial charge on any atom is 0.250 e. The molecule has 2 amide bonds. The van der Waals surface area contributed by atoms with Gasteiger partial charge in [-0.3, -0.25) is 9.59 Å². The molecular formula is C11H14N2O4. The number of carbonyl (C=O) groups is 2. The first-order chi connectivity index (χ1) is 8.08. The van der Waals surface area contributed by atoms with Gasteiger partial charge in [-0.15, -0.1) is 0 Å². The van der Waals surface area contributed by atoms with Crippen molar-refractivity contribution in [2.75, 3.05) is 26.1 Å². The number of methoxy groups -OCH3 is 2. The van der Waals surface area contributed by atoms with Gasteiger partial charge < -0.3 is 20.5 Å². The third-order valence-electron chi connectivity index (χ3n) is 2.03. The van der Waals surface area contributed by atoms with Gasteiger partial charge in [0.25, 0.3) is 0 Å². The minimum Gasteiger partial charge on any atom is -0.495 e. The van der Waals surface area contributed by atoms with Crippen LogP contribution in [0.2, 0.25) is 0 Å². The molecule has 1 aromatic carbocycles. The quantitative estimate of drug-likeness (QED) is 0.775. The van der Waals surface area contributed by atoms with Gasteiger partial charge in [0.2, 0.25) is 11.8 Å². The lowest BCUT2D eigenvalue weighted by Crippen LogP contribution is -2.18. The van der Waals surface area contributed by atoms with Crippen molar-refractivity contribution in [3.63, 3.8) is 0 Å². The Bertz CT molecular complexity index is 431. The number of carbonyl (C=O) groups excluding carboxylic acids is 2. The van der Waals surface area contributed by atoms with Gasteiger partial charge in [-0.05, 0) is 18.2 Å². The van der Waals surface area contributed by atoms with Gasteiger partial charge in [-0.2, -0.15) is 0 Å². The molecule has 1 rings (SSSR count). The molecule has 0 saturated heterocycles. The van der Waals surface area contributed by atoms with Crippen LogP contribution in [0.25, 0.3) is 0 Å². The van der Waals surface area contributed by atoms with Crippen LogP contribution in [-0.4, -0.2) is 32.6 Å². The molecule has 0 radical (unpaired) electrons. The van der Waals surface area contributed by atoms with Crippen LogP contribution < -0.4 is 15.8 Å². The highest BCUT2D eigenvalue weighted by atomic mass is 16.5. The molecule has 6 heteroatoms. The first kappa shape index (κ1) is 13.0. The van der Waals surface area contributed by atoms with Gasteiger partial charge in [-0.1, -0.05) is 0 Å². The van der Waals surface area contributed by atoms with E-state index >= 15 is 0 Å². The topological polar surface area (TPSA) is 90.6 Å². The van der Waals surface area contributed by atoms with Crippen molar-refractivity contribution in [2.24, 2.45) is 5.73 Å². The van der Waals surface area contributed by atoms with Gasteiger partial charge in [0.05, 0.1) is 12.8 Å². The summed E-state index contributed by atoms with van der Waals surface area (Å²) in [5.74, 6) is -0.471. The van der Waals surface area contributed by atoms with Crippen LogP contribution in [-0.2, 0) is 9.53 Å². The van der Waals surface area contributed by atoms with E-state index in [2.05, 4.69) is 10.1 Å². The maximum absolute atomic E-state index is 11.4. The Balaban J connectivity index is 2.97. The van der Waals surface area contributed by atoms with Crippen molar-refractivity contribution in [2.45, 2.75) is 0 Å². The van der Waals surface area contributed by atoms with E-state index in [4.69, 9.17) is 10.5 Å². The first-order valence-corrected chi connectivity index (χ1v) is 4.85. The molecule has 6 nitrogen and oxygen atoms in total. The second kappa shape index (κ2) is 5.86. The Kier molecular flexibility index (Phi) is 4.47. The molecule has 3 N–H and O–H groups in total. The number of nitrogens with one attached hydrogen (secondary N) is 1. The third-order valence-corrected chi connectivity index (χ3v) is 2.03. The normalized spacial score (nSPS) is 9.76. The van der Waals surface area contributed by atoms with Crippen LogP contribution in [0.3, 0.4) is 0 Å². The summed E-state index contributed by atoms with van der Waals surface area (Å²) in [4.78, 5) is 22.4. The zero-order valence-electron chi connectivity index (χ0n) is 9.65. The summed E-state index contributed by atoms with van der Waals surface area (Å²) in [5, 5.41) is 2.56. The fourth-order valence-electron chi connectivity index (χ4n) is 1.28. The van der Waals surface area contributed by atoms with E-state index in [1.807, 2.05) is 0 Å². The molecule has 0 aliphatic carbocycles. The van der Waals surface area contributed by atoms with Crippen LogP contribution in [0.1, 0.15) is 10.4 Å². The predicted octanol–water partition coefficient (Wildman–Crippen LogP) is 0.379. The summed E-state index contributed by atoms with van der Waals surface area (Å²) in [6.07, 6.45) is 0. The standard InChI is InChI=1S/C11H14N2O4/c1-16-6-10(14)13-8-5-7(11(12)15)3-4-9(8)17-2/h3-5H,6H2,1-2H3,(H2,12,15)(H,13,14). The zero-order chi connectivity index (χ0) is 12.8. The Labute approximate surface area is 98.7 Å². The second-order valence-corrected chi connectivity index (χ2v) is 3.26. The fraction of sp³-hybridized carbons (Fsp3) is 0.273. The Morgan fingerprint density at radius 1 is 1.35 bits per heavy atom. The summed E-state index contributed by atoms with van der Waals surface area (Å²) in [5.41, 5.74) is 5.82. The average Bonchev–Trinajstić information content (AvgIpc) is 2.29. The number of rotatable bonds is 5. The minimum atomic E-state index is -0.574. The number of amides is 2. The zero-order valence-corrected chi connectivity index (χ0v) is 9.65. The summed E-state index contributed by atoms with van der Waals surface area (Å²) in [6.45, 7) is -0.0794. The molecule has 0 unspecified atom stereocenters. The van der Waals surface area contributed by atoms with Crippen LogP contribution >= 0.6 is 0 Å². The van der Waals surface area contributed by atoms with Gasteiger partial charge in [0, 0.05) is 12.7 Å². The van der Waals surface area contributed by atoms with Crippen LogP contribution in [0.5, 0.6) is 5.75 Å². The number of anilines is 1. The van der Waals surface area contributed by atoms with Crippen molar-refractivity contribution in [3.8, 4) is 5.75 Å². The minimum absolute atomic E-state index is 0.0794. The lowest BCUT2D eigenvalue weighted by Gasteiger charge is -2.10. The van der Waals surface area contributed by atoms with Gasteiger partial charge >= 0.3 is 0 Å². The lowest BCUT2D eigenvalue weighted by molar-refractivity contribution is -0.119. The van der Waals surface area contributed by atoms with Crippen LogP contribution in [0.15, 0.2) is 18.2 Å². The molecule has 0 fully saturated rings. The molecule has 0 saturated carbocycles. The van der Waals surface area contributed by atoms with E-state index in [1.54, 1.807) is 6.07 Å². The SMILES string of the molecule is COCC(=O)Nc1cc(C(N)=O)ccc1OC. The molecule has 1 aromatic rings. The highest BCUT2D eigenvalue weighted by Gasteiger charge is 2.10. The number of hydrogen-bond donors (Lipinski definition) is 2. The van der Waals surface area contributed by atoms with E-state index < -0.39 is 5.91 Å². The number of primary amides is 1. The van der Waals surface area contributed by atoms with Crippen molar-refractivity contribution in [1.29, 1.82) is 0 Å². The van der Waals surface area contributed by atoms with Gasteiger partial charge in [-0.25, -0.2) is 0 Å². The fourth-order valence-corrected chi connectivity index (χ4v) is 1.28.